The molecule has 1 aromatic rings. The highest BCUT2D eigenvalue weighted by atomic mass is 19.1. The lowest BCUT2D eigenvalue weighted by Crippen LogP contribution is -2.32. The number of carboxylic acids is 1. The molecule has 3 N–H and O–H groups in total. The van der Waals surface area contributed by atoms with Crippen LogP contribution in [0.5, 0.6) is 5.75 Å². The van der Waals surface area contributed by atoms with Gasteiger partial charge in [0.05, 0.1) is 7.11 Å². The van der Waals surface area contributed by atoms with Gasteiger partial charge < -0.3 is 15.6 Å². The number of halogens is 1. The summed E-state index contributed by atoms with van der Waals surface area (Å²) in [4.78, 5) is 10.7. The molecule has 0 aliphatic rings. The second kappa shape index (κ2) is 5.63. The van der Waals surface area contributed by atoms with E-state index in [1.54, 1.807) is 6.07 Å². The summed E-state index contributed by atoms with van der Waals surface area (Å²) in [6.45, 7) is 1.89. The van der Waals surface area contributed by atoms with E-state index in [0.717, 1.165) is 5.56 Å². The first-order chi connectivity index (χ1) is 7.99. The summed E-state index contributed by atoms with van der Waals surface area (Å²) in [7, 11) is 1.35. The molecule has 1 rings (SSSR count). The van der Waals surface area contributed by atoms with E-state index in [2.05, 4.69) is 0 Å². The van der Waals surface area contributed by atoms with E-state index < -0.39 is 17.8 Å². The van der Waals surface area contributed by atoms with Crippen LogP contribution in [-0.4, -0.2) is 24.2 Å². The Kier molecular flexibility index (Phi) is 4.45. The van der Waals surface area contributed by atoms with Gasteiger partial charge in [-0.15, -0.1) is 0 Å². The van der Waals surface area contributed by atoms with Crippen LogP contribution < -0.4 is 10.5 Å². The van der Waals surface area contributed by atoms with Crippen LogP contribution in [0.3, 0.4) is 0 Å². The number of hydrogen-bond acceptors (Lipinski definition) is 3. The molecule has 0 saturated heterocycles. The van der Waals surface area contributed by atoms with Crippen LogP contribution in [0.4, 0.5) is 4.39 Å². The maximum absolute atomic E-state index is 13.6. The molecule has 0 fully saturated rings. The lowest BCUT2D eigenvalue weighted by atomic mass is 10.0. The fourth-order valence-corrected chi connectivity index (χ4v) is 1.62. The van der Waals surface area contributed by atoms with E-state index in [-0.39, 0.29) is 12.2 Å². The van der Waals surface area contributed by atoms with Gasteiger partial charge in [-0.2, -0.15) is 0 Å². The van der Waals surface area contributed by atoms with Gasteiger partial charge in [-0.25, -0.2) is 4.39 Å². The Morgan fingerprint density at radius 1 is 1.59 bits per heavy atom. The van der Waals surface area contributed by atoms with E-state index >= 15 is 0 Å². The van der Waals surface area contributed by atoms with Crippen molar-refractivity contribution in [2.24, 2.45) is 5.73 Å². The largest absolute Gasteiger partial charge is 0.493 e. The zero-order valence-corrected chi connectivity index (χ0v) is 9.87. The SMILES string of the molecule is CCc1cc(F)c(OC)c(CC(N)C(=O)O)c1. The molecular weight excluding hydrogens is 225 g/mol. The maximum Gasteiger partial charge on any atom is 0.320 e. The minimum absolute atomic E-state index is 0.0449. The zero-order chi connectivity index (χ0) is 13.0. The van der Waals surface area contributed by atoms with Crippen LogP contribution >= 0.6 is 0 Å². The molecule has 0 aromatic heterocycles. The third-order valence-electron chi connectivity index (χ3n) is 2.55. The number of aryl methyl sites for hydroxylation is 1. The average molecular weight is 241 g/mol. The number of aliphatic carboxylic acids is 1. The fraction of sp³-hybridized carbons (Fsp3) is 0.417. The summed E-state index contributed by atoms with van der Waals surface area (Å²) < 4.78 is 18.6. The monoisotopic (exact) mass is 241 g/mol. The van der Waals surface area contributed by atoms with Gasteiger partial charge in [-0.3, -0.25) is 4.79 Å². The Bertz CT molecular complexity index is 420. The molecule has 1 aromatic carbocycles. The summed E-state index contributed by atoms with van der Waals surface area (Å²) in [5.41, 5.74) is 6.71. The number of nitrogens with two attached hydrogens (primary N) is 1. The molecule has 5 heteroatoms. The summed E-state index contributed by atoms with van der Waals surface area (Å²) >= 11 is 0. The lowest BCUT2D eigenvalue weighted by Gasteiger charge is -2.13. The first kappa shape index (κ1) is 13.4. The van der Waals surface area contributed by atoms with Crippen molar-refractivity contribution in [3.63, 3.8) is 0 Å². The van der Waals surface area contributed by atoms with E-state index in [0.29, 0.717) is 12.0 Å². The molecule has 0 bridgehead atoms. The van der Waals surface area contributed by atoms with E-state index in [1.807, 2.05) is 6.92 Å². The number of rotatable bonds is 5. The van der Waals surface area contributed by atoms with Crippen molar-refractivity contribution in [2.75, 3.05) is 7.11 Å². The minimum Gasteiger partial charge on any atom is -0.493 e. The van der Waals surface area contributed by atoms with E-state index in [4.69, 9.17) is 15.6 Å². The highest BCUT2D eigenvalue weighted by molar-refractivity contribution is 5.73. The molecule has 1 unspecified atom stereocenters. The Morgan fingerprint density at radius 3 is 2.71 bits per heavy atom. The molecule has 0 saturated carbocycles. The van der Waals surface area contributed by atoms with Gasteiger partial charge in [0.2, 0.25) is 0 Å². The summed E-state index contributed by atoms with van der Waals surface area (Å²) in [6, 6.07) is 2.05. The molecule has 1 atom stereocenters. The third kappa shape index (κ3) is 3.17. The number of ether oxygens (including phenoxy) is 1. The smallest absolute Gasteiger partial charge is 0.320 e. The van der Waals surface area contributed by atoms with Crippen molar-refractivity contribution in [1.29, 1.82) is 0 Å². The van der Waals surface area contributed by atoms with Crippen LogP contribution in [0.25, 0.3) is 0 Å². The van der Waals surface area contributed by atoms with Gasteiger partial charge in [-0.05, 0) is 23.6 Å². The fourth-order valence-electron chi connectivity index (χ4n) is 1.62. The Morgan fingerprint density at radius 2 is 2.24 bits per heavy atom. The number of carbonyl (C=O) groups is 1. The van der Waals surface area contributed by atoms with Crippen molar-refractivity contribution in [3.05, 3.63) is 29.1 Å². The molecule has 0 aliphatic carbocycles. The molecule has 17 heavy (non-hydrogen) atoms. The average Bonchev–Trinajstić information content (AvgIpc) is 2.28. The number of methoxy groups -OCH3 is 1. The summed E-state index contributed by atoms with van der Waals surface area (Å²) in [5, 5.41) is 8.74. The van der Waals surface area contributed by atoms with Gasteiger partial charge in [-0.1, -0.05) is 13.0 Å². The first-order valence-electron chi connectivity index (χ1n) is 5.33. The first-order valence-corrected chi connectivity index (χ1v) is 5.33. The van der Waals surface area contributed by atoms with Crippen LogP contribution in [0, 0.1) is 5.82 Å². The van der Waals surface area contributed by atoms with Gasteiger partial charge in [0.15, 0.2) is 11.6 Å². The van der Waals surface area contributed by atoms with Crippen LogP contribution in [0.2, 0.25) is 0 Å². The third-order valence-corrected chi connectivity index (χ3v) is 2.55. The quantitative estimate of drug-likeness (QED) is 0.816. The standard InChI is InChI=1S/C12H16FNO3/c1-3-7-4-8(6-10(14)12(15)16)11(17-2)9(13)5-7/h4-5,10H,3,6,14H2,1-2H3,(H,15,16). The van der Waals surface area contributed by atoms with Crippen molar-refractivity contribution in [2.45, 2.75) is 25.8 Å². The van der Waals surface area contributed by atoms with Gasteiger partial charge >= 0.3 is 5.97 Å². The molecule has 0 aliphatic heterocycles. The zero-order valence-electron chi connectivity index (χ0n) is 9.87. The minimum atomic E-state index is -1.12. The van der Waals surface area contributed by atoms with Gasteiger partial charge in [0, 0.05) is 6.42 Å². The number of carboxylic acid groups (broad SMARTS) is 1. The normalized spacial score (nSPS) is 12.2. The van der Waals surface area contributed by atoms with Crippen LogP contribution in [0.1, 0.15) is 18.1 Å². The highest BCUT2D eigenvalue weighted by Gasteiger charge is 2.18. The van der Waals surface area contributed by atoms with Crippen LogP contribution in [0.15, 0.2) is 12.1 Å². The Hall–Kier alpha value is -1.62. The van der Waals surface area contributed by atoms with Crippen LogP contribution in [-0.2, 0) is 17.6 Å². The van der Waals surface area contributed by atoms with Crippen molar-refractivity contribution < 1.29 is 19.0 Å². The molecular formula is C12H16FNO3. The van der Waals surface area contributed by atoms with Crippen molar-refractivity contribution >= 4 is 5.97 Å². The maximum atomic E-state index is 13.6. The van der Waals surface area contributed by atoms with Crippen molar-refractivity contribution in [3.8, 4) is 5.75 Å². The predicted molar refractivity (Wildman–Crippen MR) is 61.6 cm³/mol. The van der Waals surface area contributed by atoms with Gasteiger partial charge in [0.25, 0.3) is 0 Å². The summed E-state index contributed by atoms with van der Waals surface area (Å²) in [5.74, 6) is -1.53. The molecule has 0 heterocycles. The molecule has 0 amide bonds. The summed E-state index contributed by atoms with van der Waals surface area (Å²) in [6.07, 6.45) is 0.708. The second-order valence-corrected chi connectivity index (χ2v) is 3.77. The van der Waals surface area contributed by atoms with Gasteiger partial charge in [0.1, 0.15) is 6.04 Å². The Labute approximate surface area is 99.2 Å². The topological polar surface area (TPSA) is 72.5 Å². The lowest BCUT2D eigenvalue weighted by molar-refractivity contribution is -0.138. The number of hydrogen-bond donors (Lipinski definition) is 2. The highest BCUT2D eigenvalue weighted by Crippen LogP contribution is 2.25. The van der Waals surface area contributed by atoms with Crippen molar-refractivity contribution in [1.82, 2.24) is 0 Å². The molecule has 94 valence electrons. The van der Waals surface area contributed by atoms with E-state index in [9.17, 15) is 9.18 Å². The number of benzene rings is 1. The van der Waals surface area contributed by atoms with E-state index in [1.165, 1.54) is 13.2 Å². The molecule has 0 radical (unpaired) electrons. The molecule has 0 spiro atoms. The predicted octanol–water partition coefficient (Wildman–Crippen LogP) is 1.35. The molecule has 4 nitrogen and oxygen atoms in total. The Balaban J connectivity index is 3.11. The second-order valence-electron chi connectivity index (χ2n) is 3.77.